The van der Waals surface area contributed by atoms with Gasteiger partial charge in [-0.2, -0.15) is 0 Å². The van der Waals surface area contributed by atoms with Crippen molar-refractivity contribution in [2.45, 2.75) is 0 Å². The van der Waals surface area contributed by atoms with Gasteiger partial charge in [-0.15, -0.1) is 11.3 Å². The summed E-state index contributed by atoms with van der Waals surface area (Å²) in [5.41, 5.74) is 14.1. The van der Waals surface area contributed by atoms with E-state index in [-0.39, 0.29) is 0 Å². The van der Waals surface area contributed by atoms with Crippen molar-refractivity contribution >= 4 is 81.1 Å². The first-order valence-electron chi connectivity index (χ1n) is 20.8. The summed E-state index contributed by atoms with van der Waals surface area (Å²) in [5, 5.41) is 7.65. The number of benzene rings is 10. The number of hydrogen-bond donors (Lipinski definition) is 0. The number of nitrogens with zero attached hydrogens (tertiary/aromatic N) is 2. The monoisotopic (exact) mass is 794 g/mol. The van der Waals surface area contributed by atoms with Crippen LogP contribution in [0.25, 0.3) is 91.8 Å². The van der Waals surface area contributed by atoms with Crippen molar-refractivity contribution in [2.75, 3.05) is 4.90 Å². The van der Waals surface area contributed by atoms with E-state index >= 15 is 0 Å². The van der Waals surface area contributed by atoms with Crippen LogP contribution in [0.15, 0.2) is 231 Å². The summed E-state index contributed by atoms with van der Waals surface area (Å²) >= 11 is 1.86. The number of anilines is 3. The Hall–Kier alpha value is -7.72. The number of para-hydroxylation sites is 3. The highest BCUT2D eigenvalue weighted by Gasteiger charge is 2.19. The van der Waals surface area contributed by atoms with E-state index in [4.69, 9.17) is 0 Å². The number of thiophene rings is 1. The average molecular weight is 795 g/mol. The second-order valence-electron chi connectivity index (χ2n) is 15.7. The van der Waals surface area contributed by atoms with Crippen molar-refractivity contribution < 1.29 is 0 Å². The second kappa shape index (κ2) is 14.5. The van der Waals surface area contributed by atoms with Gasteiger partial charge in [-0.3, -0.25) is 0 Å². The maximum atomic E-state index is 2.41. The fourth-order valence-corrected chi connectivity index (χ4v) is 10.4. The fourth-order valence-electron chi connectivity index (χ4n) is 9.31. The molecule has 0 bridgehead atoms. The maximum absolute atomic E-state index is 2.41. The molecule has 0 aliphatic carbocycles. The highest BCUT2D eigenvalue weighted by atomic mass is 32.1. The van der Waals surface area contributed by atoms with E-state index in [9.17, 15) is 0 Å². The van der Waals surface area contributed by atoms with Gasteiger partial charge in [0.2, 0.25) is 0 Å². The summed E-state index contributed by atoms with van der Waals surface area (Å²) in [4.78, 5) is 2.41. The first-order valence-corrected chi connectivity index (χ1v) is 21.6. The summed E-state index contributed by atoms with van der Waals surface area (Å²) in [5.74, 6) is 0. The van der Waals surface area contributed by atoms with E-state index in [0.717, 1.165) is 22.7 Å². The van der Waals surface area contributed by atoms with Crippen LogP contribution in [0.2, 0.25) is 0 Å². The zero-order valence-corrected chi connectivity index (χ0v) is 34.1. The Kier molecular flexibility index (Phi) is 8.39. The summed E-state index contributed by atoms with van der Waals surface area (Å²) in [7, 11) is 0. The molecule has 2 heterocycles. The predicted octanol–water partition coefficient (Wildman–Crippen LogP) is 16.8. The molecule has 0 saturated carbocycles. The summed E-state index contributed by atoms with van der Waals surface area (Å²) in [6.45, 7) is 0. The Balaban J connectivity index is 0.951. The minimum absolute atomic E-state index is 1.10. The molecule has 0 saturated heterocycles. The van der Waals surface area contributed by atoms with Crippen molar-refractivity contribution in [3.05, 3.63) is 231 Å². The summed E-state index contributed by atoms with van der Waals surface area (Å²) in [6, 6.07) is 84.2. The van der Waals surface area contributed by atoms with Crippen LogP contribution in [0.1, 0.15) is 0 Å². The third-order valence-corrected chi connectivity index (χ3v) is 13.4. The van der Waals surface area contributed by atoms with Crippen LogP contribution >= 0.6 is 11.3 Å². The van der Waals surface area contributed by atoms with E-state index in [0.29, 0.717) is 0 Å². The molecule has 12 aromatic rings. The first-order chi connectivity index (χ1) is 30.2. The first kappa shape index (κ1) is 35.2. The SMILES string of the molecule is c1ccc(N(c2ccc(-c3ccc(-n4c5ccccc5c5ccccc54)cc3)cc2)c2ccc(-c3cccc4ccccc34)cc2)c(-c2ccc3sc4ccccc4c3c2)c1. The Bertz CT molecular complexity index is 3520. The number of hydrogen-bond acceptors (Lipinski definition) is 2. The molecule has 10 aromatic carbocycles. The lowest BCUT2D eigenvalue weighted by Gasteiger charge is -2.28. The number of aromatic nitrogens is 1. The highest BCUT2D eigenvalue weighted by Crippen LogP contribution is 2.44. The molecular formula is C58H38N2S. The van der Waals surface area contributed by atoms with Crippen LogP contribution in [-0.2, 0) is 0 Å². The highest BCUT2D eigenvalue weighted by molar-refractivity contribution is 7.25. The Morgan fingerprint density at radius 2 is 0.836 bits per heavy atom. The van der Waals surface area contributed by atoms with Crippen LogP contribution in [-0.4, -0.2) is 4.57 Å². The van der Waals surface area contributed by atoms with Gasteiger partial charge in [0.15, 0.2) is 0 Å². The molecule has 0 radical (unpaired) electrons. The molecule has 0 N–H and O–H groups in total. The molecule has 3 heteroatoms. The molecular weight excluding hydrogens is 757 g/mol. The quantitative estimate of drug-likeness (QED) is 0.156. The Labute approximate surface area is 358 Å². The lowest BCUT2D eigenvalue weighted by molar-refractivity contribution is 1.18. The van der Waals surface area contributed by atoms with Crippen molar-refractivity contribution in [2.24, 2.45) is 0 Å². The van der Waals surface area contributed by atoms with Gasteiger partial charge in [-0.05, 0) is 111 Å². The molecule has 12 rings (SSSR count). The molecule has 0 aliphatic heterocycles. The largest absolute Gasteiger partial charge is 0.310 e. The van der Waals surface area contributed by atoms with Crippen LogP contribution in [0.4, 0.5) is 17.1 Å². The average Bonchev–Trinajstić information content (AvgIpc) is 3.88. The molecule has 0 fully saturated rings. The van der Waals surface area contributed by atoms with Crippen LogP contribution < -0.4 is 4.90 Å². The zero-order chi connectivity index (χ0) is 40.3. The van der Waals surface area contributed by atoms with Gasteiger partial charge in [-0.25, -0.2) is 0 Å². The summed E-state index contributed by atoms with van der Waals surface area (Å²) < 4.78 is 5.00. The molecule has 2 aromatic heterocycles. The van der Waals surface area contributed by atoms with Crippen molar-refractivity contribution in [3.63, 3.8) is 0 Å². The van der Waals surface area contributed by atoms with E-state index in [1.165, 1.54) is 86.1 Å². The smallest absolute Gasteiger partial charge is 0.0541 e. The molecule has 61 heavy (non-hydrogen) atoms. The van der Waals surface area contributed by atoms with Crippen molar-refractivity contribution in [1.82, 2.24) is 4.57 Å². The van der Waals surface area contributed by atoms with Gasteiger partial charge in [0.05, 0.1) is 16.7 Å². The van der Waals surface area contributed by atoms with E-state index in [1.54, 1.807) is 0 Å². The molecule has 286 valence electrons. The van der Waals surface area contributed by atoms with E-state index in [2.05, 4.69) is 240 Å². The van der Waals surface area contributed by atoms with Gasteiger partial charge in [0, 0.05) is 53.6 Å². The van der Waals surface area contributed by atoms with Gasteiger partial charge in [0.25, 0.3) is 0 Å². The van der Waals surface area contributed by atoms with E-state index < -0.39 is 0 Å². The molecule has 2 nitrogen and oxygen atoms in total. The van der Waals surface area contributed by atoms with Crippen molar-refractivity contribution in [3.8, 4) is 39.1 Å². The van der Waals surface area contributed by atoms with Crippen molar-refractivity contribution in [1.29, 1.82) is 0 Å². The van der Waals surface area contributed by atoms with Gasteiger partial charge in [0.1, 0.15) is 0 Å². The van der Waals surface area contributed by atoms with Gasteiger partial charge >= 0.3 is 0 Å². The third kappa shape index (κ3) is 6.01. The minimum Gasteiger partial charge on any atom is -0.310 e. The molecule has 0 spiro atoms. The molecule has 0 amide bonds. The van der Waals surface area contributed by atoms with Gasteiger partial charge in [-0.1, -0.05) is 158 Å². The Morgan fingerprint density at radius 3 is 1.56 bits per heavy atom. The van der Waals surface area contributed by atoms with Gasteiger partial charge < -0.3 is 9.47 Å². The van der Waals surface area contributed by atoms with Crippen LogP contribution in [0, 0.1) is 0 Å². The minimum atomic E-state index is 1.10. The lowest BCUT2D eigenvalue weighted by Crippen LogP contribution is -2.11. The third-order valence-electron chi connectivity index (χ3n) is 12.2. The molecule has 0 unspecified atom stereocenters. The number of fused-ring (bicyclic) bond motifs is 7. The lowest BCUT2D eigenvalue weighted by atomic mass is 9.97. The van der Waals surface area contributed by atoms with E-state index in [1.807, 2.05) is 11.3 Å². The topological polar surface area (TPSA) is 8.17 Å². The zero-order valence-electron chi connectivity index (χ0n) is 33.2. The fraction of sp³-hybridized carbons (Fsp3) is 0. The maximum Gasteiger partial charge on any atom is 0.0541 e. The summed E-state index contributed by atoms with van der Waals surface area (Å²) in [6.07, 6.45) is 0. The standard InChI is InChI=1S/C58H38N2S/c1-2-14-47-41(12-1)13-11-19-48(47)42-28-35-45(36-29-42)59(54-20-7-3-15-49(54)43-30-37-58-53(38-43)52-18-6-10-23-57(52)61-58)44-31-24-39(25-32-44)40-26-33-46(34-27-40)60-55-21-8-4-16-50(55)51-17-5-9-22-56(51)60/h1-38H. The Morgan fingerprint density at radius 1 is 0.328 bits per heavy atom. The van der Waals surface area contributed by atoms with Crippen LogP contribution in [0.3, 0.4) is 0 Å². The normalized spacial score (nSPS) is 11.6. The predicted molar refractivity (Wildman–Crippen MR) is 262 cm³/mol. The van der Waals surface area contributed by atoms with Crippen LogP contribution in [0.5, 0.6) is 0 Å². The second-order valence-corrected chi connectivity index (χ2v) is 16.8. The number of rotatable bonds is 7. The molecule has 0 atom stereocenters. The molecule has 0 aliphatic rings.